The van der Waals surface area contributed by atoms with E-state index < -0.39 is 15.7 Å². The Bertz CT molecular complexity index is 1120. The predicted molar refractivity (Wildman–Crippen MR) is 117 cm³/mol. The molecule has 0 radical (unpaired) electrons. The van der Waals surface area contributed by atoms with Gasteiger partial charge in [0.2, 0.25) is 0 Å². The average molecular weight is 458 g/mol. The van der Waals surface area contributed by atoms with Gasteiger partial charge in [0, 0.05) is 24.9 Å². The van der Waals surface area contributed by atoms with Crippen molar-refractivity contribution >= 4 is 54.8 Å². The minimum Gasteiger partial charge on any atom is -0.308 e. The first-order valence-corrected chi connectivity index (χ1v) is 11.2. The first-order chi connectivity index (χ1) is 13.1. The molecule has 156 valence electrons. The number of benzene rings is 2. The van der Waals surface area contributed by atoms with Crippen molar-refractivity contribution in [3.05, 3.63) is 53.8 Å². The standard InChI is InChI=1S/C19H20FN3O3S2.ClH/c1-22(2)10-11-23(18(24)13-4-6-14(20)7-5-13)19-21-16-9-8-15(28(3,25)26)12-17(16)27-19;/h4-9,12H,10-11H2,1-3H3;1H. The Morgan fingerprint density at radius 3 is 2.34 bits per heavy atom. The van der Waals surface area contributed by atoms with Crippen LogP contribution in [0, 0.1) is 5.82 Å². The van der Waals surface area contributed by atoms with E-state index in [1.165, 1.54) is 46.6 Å². The van der Waals surface area contributed by atoms with Crippen LogP contribution in [0.25, 0.3) is 10.2 Å². The highest BCUT2D eigenvalue weighted by molar-refractivity contribution is 7.90. The zero-order valence-electron chi connectivity index (χ0n) is 16.1. The van der Waals surface area contributed by atoms with E-state index in [1.54, 1.807) is 12.1 Å². The van der Waals surface area contributed by atoms with Crippen molar-refractivity contribution in [3.63, 3.8) is 0 Å². The Morgan fingerprint density at radius 1 is 1.10 bits per heavy atom. The highest BCUT2D eigenvalue weighted by Gasteiger charge is 2.22. The van der Waals surface area contributed by atoms with Crippen LogP contribution >= 0.6 is 23.7 Å². The molecule has 3 aromatic rings. The van der Waals surface area contributed by atoms with Crippen molar-refractivity contribution in [2.75, 3.05) is 38.3 Å². The van der Waals surface area contributed by atoms with Crippen LogP contribution in [-0.4, -0.2) is 57.6 Å². The van der Waals surface area contributed by atoms with E-state index in [2.05, 4.69) is 4.98 Å². The van der Waals surface area contributed by atoms with Gasteiger partial charge >= 0.3 is 0 Å². The third-order valence-electron chi connectivity index (χ3n) is 4.11. The molecule has 0 unspecified atom stereocenters. The first kappa shape index (κ1) is 23.2. The molecule has 0 fully saturated rings. The maximum atomic E-state index is 13.2. The van der Waals surface area contributed by atoms with E-state index in [0.29, 0.717) is 34.0 Å². The number of halogens is 2. The molecule has 0 saturated heterocycles. The Hall–Kier alpha value is -2.07. The monoisotopic (exact) mass is 457 g/mol. The van der Waals surface area contributed by atoms with Crippen LogP contribution in [0.1, 0.15) is 10.4 Å². The summed E-state index contributed by atoms with van der Waals surface area (Å²) in [5.74, 6) is -0.700. The molecular weight excluding hydrogens is 437 g/mol. The van der Waals surface area contributed by atoms with Crippen molar-refractivity contribution in [1.29, 1.82) is 0 Å². The molecule has 0 saturated carbocycles. The lowest BCUT2D eigenvalue weighted by atomic mass is 10.2. The third kappa shape index (κ3) is 5.51. The Morgan fingerprint density at radius 2 is 1.76 bits per heavy atom. The van der Waals surface area contributed by atoms with Crippen molar-refractivity contribution < 1.29 is 17.6 Å². The van der Waals surface area contributed by atoms with Crippen molar-refractivity contribution in [2.24, 2.45) is 0 Å². The van der Waals surface area contributed by atoms with Gasteiger partial charge in [-0.2, -0.15) is 0 Å². The van der Waals surface area contributed by atoms with E-state index in [1.807, 2.05) is 19.0 Å². The molecule has 3 rings (SSSR count). The quantitative estimate of drug-likeness (QED) is 0.566. The van der Waals surface area contributed by atoms with Crippen LogP contribution in [0.4, 0.5) is 9.52 Å². The molecule has 0 aliphatic heterocycles. The molecule has 6 nitrogen and oxygen atoms in total. The minimum atomic E-state index is -3.33. The number of fused-ring (bicyclic) bond motifs is 1. The largest absolute Gasteiger partial charge is 0.308 e. The molecule has 10 heteroatoms. The summed E-state index contributed by atoms with van der Waals surface area (Å²) in [6.07, 6.45) is 1.15. The number of hydrogen-bond acceptors (Lipinski definition) is 6. The highest BCUT2D eigenvalue weighted by Crippen LogP contribution is 2.31. The van der Waals surface area contributed by atoms with E-state index in [-0.39, 0.29) is 23.2 Å². The molecule has 2 aromatic carbocycles. The van der Waals surface area contributed by atoms with Crippen molar-refractivity contribution in [3.8, 4) is 0 Å². The summed E-state index contributed by atoms with van der Waals surface area (Å²) in [6, 6.07) is 10.1. The summed E-state index contributed by atoms with van der Waals surface area (Å²) in [5, 5.41) is 0.469. The van der Waals surface area contributed by atoms with Crippen LogP contribution < -0.4 is 4.90 Å². The number of hydrogen-bond donors (Lipinski definition) is 0. The number of carbonyl (C=O) groups excluding carboxylic acids is 1. The number of aromatic nitrogens is 1. The normalized spacial score (nSPS) is 11.5. The van der Waals surface area contributed by atoms with Gasteiger partial charge in [-0.3, -0.25) is 9.69 Å². The van der Waals surface area contributed by atoms with Crippen LogP contribution in [0.5, 0.6) is 0 Å². The molecule has 0 N–H and O–H groups in total. The number of thiazole rings is 1. The smallest absolute Gasteiger partial charge is 0.260 e. The summed E-state index contributed by atoms with van der Waals surface area (Å²) in [5.41, 5.74) is 0.977. The van der Waals surface area contributed by atoms with Gasteiger partial charge in [-0.1, -0.05) is 11.3 Å². The van der Waals surface area contributed by atoms with Crippen LogP contribution in [-0.2, 0) is 9.84 Å². The zero-order valence-corrected chi connectivity index (χ0v) is 18.6. The predicted octanol–water partition coefficient (Wildman–Crippen LogP) is 3.47. The Balaban J connectivity index is 0.00000300. The number of rotatable bonds is 6. The lowest BCUT2D eigenvalue weighted by molar-refractivity contribution is 0.0985. The van der Waals surface area contributed by atoms with Gasteiger partial charge in [-0.25, -0.2) is 17.8 Å². The molecule has 1 amide bonds. The number of sulfone groups is 1. The zero-order chi connectivity index (χ0) is 20.5. The van der Waals surface area contributed by atoms with Gasteiger partial charge < -0.3 is 4.90 Å². The summed E-state index contributed by atoms with van der Waals surface area (Å²) in [7, 11) is 0.466. The lowest BCUT2D eigenvalue weighted by Gasteiger charge is -2.22. The van der Waals surface area contributed by atoms with E-state index >= 15 is 0 Å². The SMILES string of the molecule is CN(C)CCN(C(=O)c1ccc(F)cc1)c1nc2ccc(S(C)(=O)=O)cc2s1.Cl. The molecule has 0 aliphatic rings. The summed E-state index contributed by atoms with van der Waals surface area (Å²) in [6.45, 7) is 0.999. The van der Waals surface area contributed by atoms with Gasteiger partial charge in [-0.15, -0.1) is 12.4 Å². The number of carbonyl (C=O) groups is 1. The maximum absolute atomic E-state index is 13.2. The fraction of sp³-hybridized carbons (Fsp3) is 0.263. The van der Waals surface area contributed by atoms with E-state index in [4.69, 9.17) is 0 Å². The molecule has 1 aromatic heterocycles. The van der Waals surface area contributed by atoms with Crippen LogP contribution in [0.3, 0.4) is 0 Å². The van der Waals surface area contributed by atoms with Crippen molar-refractivity contribution in [2.45, 2.75) is 4.90 Å². The van der Waals surface area contributed by atoms with E-state index in [9.17, 15) is 17.6 Å². The molecular formula is C19H21ClFN3O3S2. The molecule has 0 atom stereocenters. The maximum Gasteiger partial charge on any atom is 0.260 e. The van der Waals surface area contributed by atoms with Gasteiger partial charge in [0.25, 0.3) is 5.91 Å². The number of amides is 1. The average Bonchev–Trinajstić information content (AvgIpc) is 3.04. The molecule has 1 heterocycles. The second kappa shape index (κ2) is 9.17. The van der Waals surface area contributed by atoms with Crippen molar-refractivity contribution in [1.82, 2.24) is 9.88 Å². The lowest BCUT2D eigenvalue weighted by Crippen LogP contribution is -2.36. The highest BCUT2D eigenvalue weighted by atomic mass is 35.5. The number of nitrogens with zero attached hydrogens (tertiary/aromatic N) is 3. The van der Waals surface area contributed by atoms with Gasteiger partial charge in [0.05, 0.1) is 15.1 Å². The Labute approximate surface area is 179 Å². The van der Waals surface area contributed by atoms with Crippen LogP contribution in [0.15, 0.2) is 47.4 Å². The Kier molecular flexibility index (Phi) is 7.34. The minimum absolute atomic E-state index is 0. The molecule has 0 spiro atoms. The van der Waals surface area contributed by atoms with Gasteiger partial charge in [0.1, 0.15) is 5.82 Å². The third-order valence-corrected chi connectivity index (χ3v) is 6.27. The first-order valence-electron chi connectivity index (χ1n) is 8.48. The summed E-state index contributed by atoms with van der Waals surface area (Å²) < 4.78 is 37.5. The number of anilines is 1. The van der Waals surface area contributed by atoms with Gasteiger partial charge in [0.15, 0.2) is 15.0 Å². The number of likely N-dealkylation sites (N-methyl/N-ethyl adjacent to an activating group) is 1. The fourth-order valence-corrected chi connectivity index (χ4v) is 4.32. The summed E-state index contributed by atoms with van der Waals surface area (Å²) in [4.78, 5) is 21.2. The fourth-order valence-electron chi connectivity index (χ4n) is 2.57. The van der Waals surface area contributed by atoms with Crippen LogP contribution in [0.2, 0.25) is 0 Å². The molecule has 0 bridgehead atoms. The topological polar surface area (TPSA) is 70.6 Å². The van der Waals surface area contributed by atoms with Gasteiger partial charge in [-0.05, 0) is 56.6 Å². The molecule has 29 heavy (non-hydrogen) atoms. The summed E-state index contributed by atoms with van der Waals surface area (Å²) >= 11 is 1.25. The van der Waals surface area contributed by atoms with E-state index in [0.717, 1.165) is 6.26 Å². The second-order valence-electron chi connectivity index (χ2n) is 6.67. The second-order valence-corrected chi connectivity index (χ2v) is 9.69. The molecule has 0 aliphatic carbocycles.